The third-order valence-corrected chi connectivity index (χ3v) is 4.84. The van der Waals surface area contributed by atoms with Gasteiger partial charge in [-0.3, -0.25) is 9.69 Å². The van der Waals surface area contributed by atoms with Crippen molar-refractivity contribution in [3.8, 4) is 29.2 Å². The Hall–Kier alpha value is -2.77. The highest BCUT2D eigenvalue weighted by atomic mass is 16.5. The fourth-order valence-electron chi connectivity index (χ4n) is 3.50. The number of nitrogens with zero attached hydrogens (tertiary/aromatic N) is 1. The summed E-state index contributed by atoms with van der Waals surface area (Å²) in [6, 6.07) is 18.0. The topological polar surface area (TPSA) is 41.6 Å². The van der Waals surface area contributed by atoms with Crippen LogP contribution in [0.25, 0.3) is 11.1 Å². The molecule has 140 valence electrons. The second-order valence-electron chi connectivity index (χ2n) is 6.69. The number of terminal acetylenes is 1. The number of carbonyl (C=O) groups is 1. The van der Waals surface area contributed by atoms with Crippen molar-refractivity contribution in [3.05, 3.63) is 54.6 Å². The summed E-state index contributed by atoms with van der Waals surface area (Å²) in [5, 5.41) is 3.00. The van der Waals surface area contributed by atoms with Crippen LogP contribution >= 0.6 is 0 Å². The average Bonchev–Trinajstić information content (AvgIpc) is 2.72. The number of ether oxygens (including phenoxy) is 1. The first-order valence-electron chi connectivity index (χ1n) is 9.52. The molecule has 1 aliphatic rings. The first-order valence-corrected chi connectivity index (χ1v) is 9.52. The predicted molar refractivity (Wildman–Crippen MR) is 108 cm³/mol. The first-order chi connectivity index (χ1) is 13.3. The molecule has 1 heterocycles. The lowest BCUT2D eigenvalue weighted by molar-refractivity contribution is -0.127. The van der Waals surface area contributed by atoms with E-state index in [1.807, 2.05) is 42.5 Å². The van der Waals surface area contributed by atoms with Crippen LogP contribution in [0.15, 0.2) is 54.6 Å². The van der Waals surface area contributed by atoms with Crippen LogP contribution in [-0.2, 0) is 4.79 Å². The summed E-state index contributed by atoms with van der Waals surface area (Å²) in [6.07, 6.45) is 8.46. The first kappa shape index (κ1) is 19.0. The van der Waals surface area contributed by atoms with Gasteiger partial charge in [-0.15, -0.1) is 6.42 Å². The molecule has 2 aromatic carbocycles. The van der Waals surface area contributed by atoms with E-state index >= 15 is 0 Å². The highest BCUT2D eigenvalue weighted by Gasteiger charge is 2.27. The molecule has 0 bridgehead atoms. The van der Waals surface area contributed by atoms with E-state index in [1.165, 1.54) is 0 Å². The van der Waals surface area contributed by atoms with E-state index in [-0.39, 0.29) is 11.9 Å². The number of nitrogens with one attached hydrogen (secondary N) is 1. The molecule has 27 heavy (non-hydrogen) atoms. The van der Waals surface area contributed by atoms with Crippen molar-refractivity contribution >= 4 is 5.91 Å². The lowest BCUT2D eigenvalue weighted by atomic mass is 10.0. The van der Waals surface area contributed by atoms with Crippen LogP contribution in [-0.4, -0.2) is 43.1 Å². The maximum atomic E-state index is 12.5. The zero-order chi connectivity index (χ0) is 18.9. The molecule has 0 aliphatic carbocycles. The molecule has 1 unspecified atom stereocenters. The maximum Gasteiger partial charge on any atom is 0.237 e. The van der Waals surface area contributed by atoms with Gasteiger partial charge in [-0.1, -0.05) is 60.9 Å². The van der Waals surface area contributed by atoms with E-state index in [0.29, 0.717) is 19.7 Å². The molecule has 0 aromatic heterocycles. The summed E-state index contributed by atoms with van der Waals surface area (Å²) in [5.74, 6) is 3.52. The predicted octanol–water partition coefficient (Wildman–Crippen LogP) is 3.34. The quantitative estimate of drug-likeness (QED) is 0.607. The molecule has 0 radical (unpaired) electrons. The van der Waals surface area contributed by atoms with Crippen molar-refractivity contribution in [1.29, 1.82) is 0 Å². The van der Waals surface area contributed by atoms with E-state index < -0.39 is 0 Å². The number of piperidine rings is 1. The van der Waals surface area contributed by atoms with Gasteiger partial charge < -0.3 is 10.1 Å². The van der Waals surface area contributed by atoms with Gasteiger partial charge in [-0.05, 0) is 31.0 Å². The SMILES string of the molecule is C#CCN1CCCCC1C(=O)NCCOc1ccccc1-c1ccccc1. The van der Waals surface area contributed by atoms with Gasteiger partial charge in [0, 0.05) is 5.56 Å². The number of para-hydroxylation sites is 1. The molecule has 1 atom stereocenters. The highest BCUT2D eigenvalue weighted by molar-refractivity contribution is 5.81. The minimum absolute atomic E-state index is 0.0462. The number of hydrogen-bond acceptors (Lipinski definition) is 3. The van der Waals surface area contributed by atoms with Crippen molar-refractivity contribution in [3.63, 3.8) is 0 Å². The number of benzene rings is 2. The molecular weight excluding hydrogens is 336 g/mol. The Labute approximate surface area is 161 Å². The van der Waals surface area contributed by atoms with Gasteiger partial charge in [-0.2, -0.15) is 0 Å². The van der Waals surface area contributed by atoms with Crippen LogP contribution in [0.2, 0.25) is 0 Å². The molecule has 1 saturated heterocycles. The third-order valence-electron chi connectivity index (χ3n) is 4.84. The van der Waals surface area contributed by atoms with Gasteiger partial charge in [0.1, 0.15) is 12.4 Å². The van der Waals surface area contributed by atoms with Crippen LogP contribution in [0.3, 0.4) is 0 Å². The monoisotopic (exact) mass is 362 g/mol. The van der Waals surface area contributed by atoms with Crippen LogP contribution in [0, 0.1) is 12.3 Å². The molecule has 2 aromatic rings. The molecule has 1 aliphatic heterocycles. The Kier molecular flexibility index (Phi) is 6.90. The lowest BCUT2D eigenvalue weighted by Crippen LogP contribution is -2.50. The Bertz CT molecular complexity index is 782. The largest absolute Gasteiger partial charge is 0.491 e. The van der Waals surface area contributed by atoms with Crippen LogP contribution in [0.1, 0.15) is 19.3 Å². The number of carbonyl (C=O) groups excluding carboxylic acids is 1. The number of rotatable bonds is 7. The minimum Gasteiger partial charge on any atom is -0.491 e. The number of likely N-dealkylation sites (tertiary alicyclic amines) is 1. The summed E-state index contributed by atoms with van der Waals surface area (Å²) in [4.78, 5) is 14.6. The van der Waals surface area contributed by atoms with E-state index in [0.717, 1.165) is 42.7 Å². The van der Waals surface area contributed by atoms with Gasteiger partial charge in [0.15, 0.2) is 0 Å². The normalized spacial score (nSPS) is 17.1. The summed E-state index contributed by atoms with van der Waals surface area (Å²) in [7, 11) is 0. The van der Waals surface area contributed by atoms with E-state index in [4.69, 9.17) is 11.2 Å². The summed E-state index contributed by atoms with van der Waals surface area (Å²) in [5.41, 5.74) is 2.17. The molecule has 3 rings (SSSR count). The second-order valence-corrected chi connectivity index (χ2v) is 6.69. The number of amides is 1. The standard InChI is InChI=1S/C23H26N2O2/c1-2-16-25-17-9-8-13-21(25)23(26)24-15-18-27-22-14-7-6-12-20(22)19-10-4-3-5-11-19/h1,3-7,10-12,14,21H,8-9,13,15-18H2,(H,24,26). The smallest absolute Gasteiger partial charge is 0.237 e. The second kappa shape index (κ2) is 9.80. The van der Waals surface area contributed by atoms with E-state index in [2.05, 4.69) is 28.3 Å². The fourth-order valence-corrected chi connectivity index (χ4v) is 3.50. The van der Waals surface area contributed by atoms with Gasteiger partial charge in [0.25, 0.3) is 0 Å². The molecule has 0 spiro atoms. The van der Waals surface area contributed by atoms with Gasteiger partial charge in [-0.25, -0.2) is 0 Å². The van der Waals surface area contributed by atoms with Gasteiger partial charge in [0.05, 0.1) is 19.1 Å². The zero-order valence-corrected chi connectivity index (χ0v) is 15.6. The van der Waals surface area contributed by atoms with Crippen molar-refractivity contribution < 1.29 is 9.53 Å². The van der Waals surface area contributed by atoms with Gasteiger partial charge in [0.2, 0.25) is 5.91 Å². The Morgan fingerprint density at radius 1 is 1.15 bits per heavy atom. The molecule has 0 saturated carbocycles. The minimum atomic E-state index is -0.119. The molecule has 4 heteroatoms. The van der Waals surface area contributed by atoms with Crippen molar-refractivity contribution in [2.45, 2.75) is 25.3 Å². The van der Waals surface area contributed by atoms with Crippen molar-refractivity contribution in [2.24, 2.45) is 0 Å². The van der Waals surface area contributed by atoms with E-state index in [1.54, 1.807) is 0 Å². The van der Waals surface area contributed by atoms with Crippen LogP contribution in [0.4, 0.5) is 0 Å². The third kappa shape index (κ3) is 5.12. The van der Waals surface area contributed by atoms with Crippen molar-refractivity contribution in [2.75, 3.05) is 26.2 Å². The summed E-state index contributed by atoms with van der Waals surface area (Å²) >= 11 is 0. The molecule has 1 N–H and O–H groups in total. The van der Waals surface area contributed by atoms with E-state index in [9.17, 15) is 4.79 Å². The Morgan fingerprint density at radius 2 is 1.93 bits per heavy atom. The summed E-state index contributed by atoms with van der Waals surface area (Å²) < 4.78 is 5.94. The molecule has 1 fully saturated rings. The lowest BCUT2D eigenvalue weighted by Gasteiger charge is -2.33. The maximum absolute atomic E-state index is 12.5. The zero-order valence-electron chi connectivity index (χ0n) is 15.6. The molecule has 4 nitrogen and oxygen atoms in total. The Balaban J connectivity index is 1.52. The van der Waals surface area contributed by atoms with Crippen LogP contribution in [0.5, 0.6) is 5.75 Å². The summed E-state index contributed by atoms with van der Waals surface area (Å²) in [6.45, 7) is 2.32. The fraction of sp³-hybridized carbons (Fsp3) is 0.348. The molecular formula is C23H26N2O2. The molecule has 1 amide bonds. The Morgan fingerprint density at radius 3 is 2.74 bits per heavy atom. The van der Waals surface area contributed by atoms with Gasteiger partial charge >= 0.3 is 0 Å². The van der Waals surface area contributed by atoms with Crippen molar-refractivity contribution in [1.82, 2.24) is 10.2 Å². The highest BCUT2D eigenvalue weighted by Crippen LogP contribution is 2.29. The number of hydrogen-bond donors (Lipinski definition) is 1. The average molecular weight is 362 g/mol. The van der Waals surface area contributed by atoms with Crippen LogP contribution < -0.4 is 10.1 Å².